The maximum absolute atomic E-state index is 13.6. The fourth-order valence-corrected chi connectivity index (χ4v) is 2.23. The van der Waals surface area contributed by atoms with E-state index in [0.29, 0.717) is 27.8 Å². The minimum absolute atomic E-state index is 0.255. The molecule has 0 aliphatic rings. The van der Waals surface area contributed by atoms with Crippen LogP contribution in [0.2, 0.25) is 10.0 Å². The highest BCUT2D eigenvalue weighted by atomic mass is 35.5. The summed E-state index contributed by atoms with van der Waals surface area (Å²) in [5.74, 6) is 0.281. The Kier molecular flexibility index (Phi) is 5.24. The smallest absolute Gasteiger partial charge is 0.127 e. The summed E-state index contributed by atoms with van der Waals surface area (Å²) in [4.78, 5) is 0. The number of rotatable bonds is 5. The maximum Gasteiger partial charge on any atom is 0.127 e. The normalized spacial score (nSPS) is 12.2. The summed E-state index contributed by atoms with van der Waals surface area (Å²) in [6.45, 7) is 0.255. The lowest BCUT2D eigenvalue weighted by molar-refractivity contribution is 0.287. The van der Waals surface area contributed by atoms with Gasteiger partial charge in [0.05, 0.1) is 0 Å². The topological polar surface area (TPSA) is 35.2 Å². The molecule has 1 unspecified atom stereocenters. The van der Waals surface area contributed by atoms with Crippen molar-refractivity contribution < 1.29 is 9.13 Å². The lowest BCUT2D eigenvalue weighted by atomic mass is 10.1. The van der Waals surface area contributed by atoms with Gasteiger partial charge in [0.2, 0.25) is 0 Å². The van der Waals surface area contributed by atoms with E-state index < -0.39 is 0 Å². The second kappa shape index (κ2) is 6.93. The Morgan fingerprint density at radius 2 is 1.90 bits per heavy atom. The molecule has 1 atom stereocenters. The van der Waals surface area contributed by atoms with E-state index in [1.165, 1.54) is 6.07 Å². The number of hydrogen-bond donors (Lipinski definition) is 1. The summed E-state index contributed by atoms with van der Waals surface area (Å²) < 4.78 is 19.2. The van der Waals surface area contributed by atoms with Crippen molar-refractivity contribution in [2.75, 3.05) is 6.61 Å². The molecule has 0 bridgehead atoms. The van der Waals surface area contributed by atoms with Crippen LogP contribution >= 0.6 is 23.2 Å². The molecule has 2 aromatic carbocycles. The first-order chi connectivity index (χ1) is 9.56. The summed E-state index contributed by atoms with van der Waals surface area (Å²) in [5.41, 5.74) is 6.36. The third-order valence-electron chi connectivity index (χ3n) is 2.79. The first-order valence-corrected chi connectivity index (χ1v) is 6.88. The largest absolute Gasteiger partial charge is 0.492 e. The van der Waals surface area contributed by atoms with E-state index in [1.807, 2.05) is 0 Å². The standard InChI is InChI=1S/C15H14Cl2FNO/c16-10-3-1-4-12(7-10)20-9-11(19)8-13-14(17)5-2-6-15(13)18/h1-7,11H,8-9,19H2. The van der Waals surface area contributed by atoms with Crippen molar-refractivity contribution in [2.24, 2.45) is 5.73 Å². The van der Waals surface area contributed by atoms with Crippen LogP contribution in [0.3, 0.4) is 0 Å². The summed E-state index contributed by atoms with van der Waals surface area (Å²) in [7, 11) is 0. The van der Waals surface area contributed by atoms with Crippen molar-refractivity contribution in [1.29, 1.82) is 0 Å². The predicted octanol–water partition coefficient (Wildman–Crippen LogP) is 4.08. The molecule has 2 N–H and O–H groups in total. The van der Waals surface area contributed by atoms with Gasteiger partial charge in [-0.3, -0.25) is 0 Å². The van der Waals surface area contributed by atoms with Crippen molar-refractivity contribution in [3.8, 4) is 5.75 Å². The van der Waals surface area contributed by atoms with Gasteiger partial charge in [-0.25, -0.2) is 4.39 Å². The fourth-order valence-electron chi connectivity index (χ4n) is 1.81. The van der Waals surface area contributed by atoms with Crippen molar-refractivity contribution in [3.63, 3.8) is 0 Å². The zero-order valence-electron chi connectivity index (χ0n) is 10.7. The number of hydrogen-bond acceptors (Lipinski definition) is 2. The van der Waals surface area contributed by atoms with Gasteiger partial charge in [-0.15, -0.1) is 0 Å². The maximum atomic E-state index is 13.6. The Bertz CT molecular complexity index is 572. The molecule has 2 aromatic rings. The number of ether oxygens (including phenoxy) is 1. The van der Waals surface area contributed by atoms with Crippen LogP contribution in [0.1, 0.15) is 5.56 Å². The Morgan fingerprint density at radius 3 is 2.60 bits per heavy atom. The highest BCUT2D eigenvalue weighted by Crippen LogP contribution is 2.21. The van der Waals surface area contributed by atoms with Gasteiger partial charge in [0, 0.05) is 21.7 Å². The van der Waals surface area contributed by atoms with E-state index in [9.17, 15) is 4.39 Å². The van der Waals surface area contributed by atoms with Crippen LogP contribution in [-0.2, 0) is 6.42 Å². The summed E-state index contributed by atoms with van der Waals surface area (Å²) in [6, 6.07) is 11.2. The molecular weight excluding hydrogens is 300 g/mol. The molecule has 0 aromatic heterocycles. The lowest BCUT2D eigenvalue weighted by Gasteiger charge is -2.14. The van der Waals surface area contributed by atoms with Gasteiger partial charge in [-0.05, 0) is 36.8 Å². The van der Waals surface area contributed by atoms with E-state index in [4.69, 9.17) is 33.7 Å². The number of nitrogens with two attached hydrogens (primary N) is 1. The average Bonchev–Trinajstić information content (AvgIpc) is 2.41. The third-order valence-corrected chi connectivity index (χ3v) is 3.38. The van der Waals surface area contributed by atoms with E-state index in [2.05, 4.69) is 0 Å². The van der Waals surface area contributed by atoms with Crippen LogP contribution in [0.4, 0.5) is 4.39 Å². The highest BCUT2D eigenvalue weighted by Gasteiger charge is 2.12. The molecule has 5 heteroatoms. The summed E-state index contributed by atoms with van der Waals surface area (Å²) >= 11 is 11.8. The van der Waals surface area contributed by atoms with Crippen molar-refractivity contribution in [3.05, 3.63) is 63.9 Å². The second-order valence-electron chi connectivity index (χ2n) is 4.43. The quantitative estimate of drug-likeness (QED) is 0.902. The van der Waals surface area contributed by atoms with Gasteiger partial charge in [0.1, 0.15) is 18.2 Å². The van der Waals surface area contributed by atoms with Crippen LogP contribution in [0, 0.1) is 5.82 Å². The number of halogens is 3. The van der Waals surface area contributed by atoms with Crippen LogP contribution in [0.15, 0.2) is 42.5 Å². The second-order valence-corrected chi connectivity index (χ2v) is 5.28. The van der Waals surface area contributed by atoms with Crippen LogP contribution in [0.25, 0.3) is 0 Å². The van der Waals surface area contributed by atoms with Crippen LogP contribution in [0.5, 0.6) is 5.75 Å². The van der Waals surface area contributed by atoms with Gasteiger partial charge in [0.25, 0.3) is 0 Å². The Hall–Kier alpha value is -1.29. The molecule has 0 aliphatic carbocycles. The van der Waals surface area contributed by atoms with Crippen molar-refractivity contribution >= 4 is 23.2 Å². The average molecular weight is 314 g/mol. The molecule has 0 radical (unpaired) electrons. The fraction of sp³-hybridized carbons (Fsp3) is 0.200. The Morgan fingerprint density at radius 1 is 1.15 bits per heavy atom. The first-order valence-electron chi connectivity index (χ1n) is 6.13. The molecule has 106 valence electrons. The lowest BCUT2D eigenvalue weighted by Crippen LogP contribution is -2.30. The molecule has 0 saturated carbocycles. The molecule has 2 nitrogen and oxygen atoms in total. The van der Waals surface area contributed by atoms with E-state index in [1.54, 1.807) is 36.4 Å². The molecule has 2 rings (SSSR count). The van der Waals surface area contributed by atoms with Crippen molar-refractivity contribution in [2.45, 2.75) is 12.5 Å². The zero-order valence-corrected chi connectivity index (χ0v) is 12.2. The highest BCUT2D eigenvalue weighted by molar-refractivity contribution is 6.31. The molecular formula is C15H14Cl2FNO. The van der Waals surface area contributed by atoms with E-state index >= 15 is 0 Å². The molecule has 0 saturated heterocycles. The first kappa shape index (κ1) is 15.1. The monoisotopic (exact) mass is 313 g/mol. The third kappa shape index (κ3) is 4.10. The van der Waals surface area contributed by atoms with Gasteiger partial charge >= 0.3 is 0 Å². The van der Waals surface area contributed by atoms with Gasteiger partial charge < -0.3 is 10.5 Å². The minimum atomic E-state index is -0.358. The van der Waals surface area contributed by atoms with E-state index in [0.717, 1.165) is 0 Å². The molecule has 0 aliphatic heterocycles. The molecule has 0 spiro atoms. The van der Waals surface area contributed by atoms with Gasteiger partial charge in [-0.1, -0.05) is 35.3 Å². The Labute approximate surface area is 127 Å². The van der Waals surface area contributed by atoms with Gasteiger partial charge in [0.15, 0.2) is 0 Å². The molecule has 0 amide bonds. The van der Waals surface area contributed by atoms with Gasteiger partial charge in [-0.2, -0.15) is 0 Å². The summed E-state index contributed by atoms with van der Waals surface area (Å²) in [5, 5.41) is 0.969. The van der Waals surface area contributed by atoms with E-state index in [-0.39, 0.29) is 18.5 Å². The van der Waals surface area contributed by atoms with Crippen LogP contribution in [-0.4, -0.2) is 12.6 Å². The van der Waals surface area contributed by atoms with Crippen molar-refractivity contribution in [1.82, 2.24) is 0 Å². The minimum Gasteiger partial charge on any atom is -0.492 e. The van der Waals surface area contributed by atoms with Crippen LogP contribution < -0.4 is 10.5 Å². The number of benzene rings is 2. The SMILES string of the molecule is NC(COc1cccc(Cl)c1)Cc1c(F)cccc1Cl. The molecule has 0 fully saturated rings. The summed E-state index contributed by atoms with van der Waals surface area (Å²) in [6.07, 6.45) is 0.312. The molecule has 20 heavy (non-hydrogen) atoms. The predicted molar refractivity (Wildman–Crippen MR) is 80.0 cm³/mol. The zero-order chi connectivity index (χ0) is 14.5. The molecule has 0 heterocycles. The Balaban J connectivity index is 1.94.